The molecule has 0 aliphatic heterocycles. The molecule has 7 heteroatoms. The van der Waals surface area contributed by atoms with Crippen LogP contribution in [0.25, 0.3) is 11.3 Å². The fourth-order valence-electron chi connectivity index (χ4n) is 1.11. The van der Waals surface area contributed by atoms with Crippen LogP contribution in [0.1, 0.15) is 0 Å². The number of halogens is 1. The van der Waals surface area contributed by atoms with E-state index in [9.17, 15) is 4.79 Å². The molecule has 0 unspecified atom stereocenters. The smallest absolute Gasteiger partial charge is 0.325 e. The van der Waals surface area contributed by atoms with Crippen molar-refractivity contribution in [2.24, 2.45) is 0 Å². The average Bonchev–Trinajstić information content (AvgIpc) is 2.72. The highest BCUT2D eigenvalue weighted by atomic mass is 35.5. The Kier molecular flexibility index (Phi) is 2.70. The van der Waals surface area contributed by atoms with Gasteiger partial charge in [-0.25, -0.2) is 4.68 Å². The van der Waals surface area contributed by atoms with Crippen molar-refractivity contribution in [1.29, 1.82) is 0 Å². The third kappa shape index (κ3) is 2.16. The molecule has 0 bridgehead atoms. The van der Waals surface area contributed by atoms with Crippen molar-refractivity contribution in [3.05, 3.63) is 22.0 Å². The Balaban J connectivity index is 2.28. The summed E-state index contributed by atoms with van der Waals surface area (Å²) in [6.07, 6.45) is 1.56. The predicted octanol–water partition coefficient (Wildman–Crippen LogP) is 1.74. The van der Waals surface area contributed by atoms with Crippen molar-refractivity contribution in [1.82, 2.24) is 15.0 Å². The zero-order chi connectivity index (χ0) is 10.8. The summed E-state index contributed by atoms with van der Waals surface area (Å²) in [4.78, 5) is 10.4. The Labute approximate surface area is 93.9 Å². The number of nitrogens with zero attached hydrogens (tertiary/aromatic N) is 3. The van der Waals surface area contributed by atoms with Crippen LogP contribution in [0.5, 0.6) is 0 Å². The summed E-state index contributed by atoms with van der Waals surface area (Å²) in [6, 6.07) is 1.82. The highest BCUT2D eigenvalue weighted by molar-refractivity contribution is 7.15. The molecule has 78 valence electrons. The lowest BCUT2D eigenvalue weighted by molar-refractivity contribution is -0.137. The number of hydrogen-bond donors (Lipinski definition) is 1. The first-order valence-electron chi connectivity index (χ1n) is 4.02. The molecule has 0 fully saturated rings. The summed E-state index contributed by atoms with van der Waals surface area (Å²) in [5.74, 6) is -0.956. The maximum absolute atomic E-state index is 10.4. The van der Waals surface area contributed by atoms with Crippen LogP contribution in [0.2, 0.25) is 4.34 Å². The highest BCUT2D eigenvalue weighted by Gasteiger charge is 2.10. The van der Waals surface area contributed by atoms with Gasteiger partial charge in [0, 0.05) is 5.56 Å². The quantitative estimate of drug-likeness (QED) is 0.892. The molecule has 0 saturated carbocycles. The first-order chi connectivity index (χ1) is 7.16. The van der Waals surface area contributed by atoms with Crippen LogP contribution in [0.4, 0.5) is 0 Å². The molecular formula is C8H6ClN3O2S. The maximum atomic E-state index is 10.4. The second-order valence-electron chi connectivity index (χ2n) is 2.80. The summed E-state index contributed by atoms with van der Waals surface area (Å²) in [5.41, 5.74) is 1.36. The van der Waals surface area contributed by atoms with E-state index in [2.05, 4.69) is 10.3 Å². The van der Waals surface area contributed by atoms with E-state index in [1.165, 1.54) is 16.0 Å². The van der Waals surface area contributed by atoms with Gasteiger partial charge in [0.15, 0.2) is 0 Å². The second-order valence-corrected chi connectivity index (χ2v) is 4.32. The predicted molar refractivity (Wildman–Crippen MR) is 56.0 cm³/mol. The Morgan fingerprint density at radius 2 is 2.47 bits per heavy atom. The molecule has 0 aliphatic rings. The van der Waals surface area contributed by atoms with E-state index >= 15 is 0 Å². The number of carboxylic acid groups (broad SMARTS) is 1. The minimum absolute atomic E-state index is 0.200. The molecule has 0 atom stereocenters. The van der Waals surface area contributed by atoms with E-state index in [-0.39, 0.29) is 6.54 Å². The van der Waals surface area contributed by atoms with Crippen LogP contribution in [-0.2, 0) is 11.3 Å². The summed E-state index contributed by atoms with van der Waals surface area (Å²) in [6.45, 7) is -0.200. The summed E-state index contributed by atoms with van der Waals surface area (Å²) in [7, 11) is 0. The van der Waals surface area contributed by atoms with Crippen LogP contribution in [0, 0.1) is 0 Å². The van der Waals surface area contributed by atoms with Crippen molar-refractivity contribution in [3.8, 4) is 11.3 Å². The zero-order valence-corrected chi connectivity index (χ0v) is 8.99. The number of carboxylic acids is 1. The molecule has 0 radical (unpaired) electrons. The van der Waals surface area contributed by atoms with Gasteiger partial charge in [-0.15, -0.1) is 16.4 Å². The topological polar surface area (TPSA) is 68.0 Å². The van der Waals surface area contributed by atoms with Crippen molar-refractivity contribution in [2.45, 2.75) is 6.54 Å². The molecule has 2 rings (SSSR count). The molecule has 1 N–H and O–H groups in total. The fraction of sp³-hybridized carbons (Fsp3) is 0.125. The monoisotopic (exact) mass is 243 g/mol. The van der Waals surface area contributed by atoms with Crippen molar-refractivity contribution in [3.63, 3.8) is 0 Å². The van der Waals surface area contributed by atoms with Crippen LogP contribution >= 0.6 is 22.9 Å². The molecule has 0 aliphatic carbocycles. The zero-order valence-electron chi connectivity index (χ0n) is 7.42. The number of thiophene rings is 1. The maximum Gasteiger partial charge on any atom is 0.325 e. The Bertz CT molecular complexity index is 494. The molecule has 0 saturated heterocycles. The Hall–Kier alpha value is -1.40. The third-order valence-corrected chi connectivity index (χ3v) is 2.90. The van der Waals surface area contributed by atoms with Gasteiger partial charge in [0.05, 0.1) is 6.20 Å². The molecule has 2 aromatic heterocycles. The second kappa shape index (κ2) is 4.00. The SMILES string of the molecule is O=C(O)Cn1cc(-c2ccsc2Cl)nn1. The summed E-state index contributed by atoms with van der Waals surface area (Å²) in [5, 5.41) is 17.9. The summed E-state index contributed by atoms with van der Waals surface area (Å²) < 4.78 is 1.88. The van der Waals surface area contributed by atoms with Gasteiger partial charge >= 0.3 is 5.97 Å². The molecule has 5 nitrogen and oxygen atoms in total. The number of rotatable bonds is 3. The number of carbonyl (C=O) groups is 1. The highest BCUT2D eigenvalue weighted by Crippen LogP contribution is 2.30. The van der Waals surface area contributed by atoms with Gasteiger partial charge in [-0.05, 0) is 11.4 Å². The van der Waals surface area contributed by atoms with E-state index in [0.29, 0.717) is 10.0 Å². The van der Waals surface area contributed by atoms with Crippen LogP contribution < -0.4 is 0 Å². The van der Waals surface area contributed by atoms with Crippen LogP contribution in [0.3, 0.4) is 0 Å². The first kappa shape index (κ1) is 10.1. The van der Waals surface area contributed by atoms with Crippen molar-refractivity contribution < 1.29 is 9.90 Å². The molecule has 0 amide bonds. The first-order valence-corrected chi connectivity index (χ1v) is 5.28. The van der Waals surface area contributed by atoms with Gasteiger partial charge in [-0.2, -0.15) is 0 Å². The number of aliphatic carboxylic acids is 1. The van der Waals surface area contributed by atoms with E-state index < -0.39 is 5.97 Å². The van der Waals surface area contributed by atoms with Gasteiger partial charge in [0.25, 0.3) is 0 Å². The van der Waals surface area contributed by atoms with E-state index in [1.54, 1.807) is 6.20 Å². The molecule has 2 heterocycles. The Morgan fingerprint density at radius 1 is 1.67 bits per heavy atom. The molecular weight excluding hydrogens is 238 g/mol. The van der Waals surface area contributed by atoms with E-state index in [4.69, 9.17) is 16.7 Å². The van der Waals surface area contributed by atoms with E-state index in [1.807, 2.05) is 11.4 Å². The lowest BCUT2D eigenvalue weighted by atomic mass is 10.3. The van der Waals surface area contributed by atoms with Gasteiger partial charge in [0.1, 0.15) is 16.6 Å². The van der Waals surface area contributed by atoms with Gasteiger partial charge < -0.3 is 5.11 Å². The minimum atomic E-state index is -0.956. The molecule has 0 spiro atoms. The van der Waals surface area contributed by atoms with Crippen molar-refractivity contribution in [2.75, 3.05) is 0 Å². The summed E-state index contributed by atoms with van der Waals surface area (Å²) >= 11 is 7.31. The minimum Gasteiger partial charge on any atom is -0.480 e. The van der Waals surface area contributed by atoms with Crippen LogP contribution in [-0.4, -0.2) is 26.1 Å². The molecule has 0 aromatic carbocycles. The van der Waals surface area contributed by atoms with Gasteiger partial charge in [-0.1, -0.05) is 16.8 Å². The Morgan fingerprint density at radius 3 is 3.07 bits per heavy atom. The number of hydrogen-bond acceptors (Lipinski definition) is 4. The van der Waals surface area contributed by atoms with Crippen LogP contribution in [0.15, 0.2) is 17.6 Å². The third-order valence-electron chi connectivity index (χ3n) is 1.73. The standard InChI is InChI=1S/C8H6ClN3O2S/c9-8-5(1-2-15-8)6-3-12(11-10-6)4-7(13)14/h1-3H,4H2,(H,13,14). The number of aromatic nitrogens is 3. The van der Waals surface area contributed by atoms with Gasteiger partial charge in [0.2, 0.25) is 0 Å². The largest absolute Gasteiger partial charge is 0.480 e. The molecule has 2 aromatic rings. The van der Waals surface area contributed by atoms with Gasteiger partial charge in [-0.3, -0.25) is 4.79 Å². The normalized spacial score (nSPS) is 10.5. The fourth-order valence-corrected chi connectivity index (χ4v) is 2.05. The lowest BCUT2D eigenvalue weighted by Gasteiger charge is -1.91. The average molecular weight is 244 g/mol. The van der Waals surface area contributed by atoms with E-state index in [0.717, 1.165) is 5.56 Å². The lowest BCUT2D eigenvalue weighted by Crippen LogP contribution is -2.08. The molecule has 15 heavy (non-hydrogen) atoms. The van der Waals surface area contributed by atoms with Crippen molar-refractivity contribution >= 4 is 28.9 Å².